The number of hydrogen-bond donors (Lipinski definition) is 1. The molecule has 1 aromatic carbocycles. The van der Waals surface area contributed by atoms with Gasteiger partial charge in [0.25, 0.3) is 0 Å². The average Bonchev–Trinajstić information content (AvgIpc) is 2.33. The fourth-order valence-electron chi connectivity index (χ4n) is 1.33. The van der Waals surface area contributed by atoms with Gasteiger partial charge in [0.05, 0.1) is 15.6 Å². The summed E-state index contributed by atoms with van der Waals surface area (Å²) in [7, 11) is 0. The normalized spacial score (nSPS) is 12.1. The van der Waals surface area contributed by atoms with Crippen molar-refractivity contribution in [1.29, 1.82) is 0 Å². The second-order valence-electron chi connectivity index (χ2n) is 3.60. The maximum Gasteiger partial charge on any atom is 0.347 e. The number of benzene rings is 1. The predicted molar refractivity (Wildman–Crippen MR) is 76.5 cm³/mol. The Balaban J connectivity index is 2.88. The van der Waals surface area contributed by atoms with Crippen LogP contribution in [0.3, 0.4) is 0 Å². The molecule has 0 bridgehead atoms. The highest BCUT2D eigenvalue weighted by Gasteiger charge is 2.19. The smallest absolute Gasteiger partial charge is 0.347 e. The van der Waals surface area contributed by atoms with Crippen molar-refractivity contribution in [3.05, 3.63) is 26.6 Å². The summed E-state index contributed by atoms with van der Waals surface area (Å²) in [5, 5.41) is 0. The summed E-state index contributed by atoms with van der Waals surface area (Å²) in [5.74, 6) is 0.173. The maximum atomic E-state index is 11.5. The quantitative estimate of drug-likeness (QED) is 0.797. The molecule has 18 heavy (non-hydrogen) atoms. The number of nitrogens with two attached hydrogens (primary N) is 1. The van der Waals surface area contributed by atoms with Gasteiger partial charge in [-0.2, -0.15) is 0 Å². The second kappa shape index (κ2) is 7.11. The lowest BCUT2D eigenvalue weighted by Crippen LogP contribution is -2.26. The molecule has 6 heteroatoms. The highest BCUT2D eigenvalue weighted by molar-refractivity contribution is 9.11. The Bertz CT molecular complexity index is 414. The monoisotopic (exact) mass is 379 g/mol. The number of esters is 1. The van der Waals surface area contributed by atoms with E-state index in [4.69, 9.17) is 15.2 Å². The van der Waals surface area contributed by atoms with Crippen molar-refractivity contribution in [3.63, 3.8) is 0 Å². The summed E-state index contributed by atoms with van der Waals surface area (Å²) >= 11 is 6.79. The van der Waals surface area contributed by atoms with Gasteiger partial charge in [-0.1, -0.05) is 0 Å². The molecule has 1 aromatic rings. The van der Waals surface area contributed by atoms with E-state index >= 15 is 0 Å². The topological polar surface area (TPSA) is 61.5 Å². The van der Waals surface area contributed by atoms with Crippen LogP contribution in [0.4, 0.5) is 0 Å². The standard InChI is InChI=1S/C12H15Br2NO3/c1-3-17-12(16)7(2)18-11-9(13)4-8(6-15)5-10(11)14/h4-5,7H,3,6,15H2,1-2H3. The second-order valence-corrected chi connectivity index (χ2v) is 5.31. The van der Waals surface area contributed by atoms with Crippen LogP contribution in [-0.2, 0) is 16.1 Å². The van der Waals surface area contributed by atoms with Gasteiger partial charge < -0.3 is 15.2 Å². The molecule has 0 aliphatic heterocycles. The lowest BCUT2D eigenvalue weighted by Gasteiger charge is -2.16. The van der Waals surface area contributed by atoms with E-state index in [1.165, 1.54) is 0 Å². The maximum absolute atomic E-state index is 11.5. The van der Waals surface area contributed by atoms with Gasteiger partial charge in [-0.15, -0.1) is 0 Å². The van der Waals surface area contributed by atoms with Gasteiger partial charge in [0.1, 0.15) is 5.75 Å². The highest BCUT2D eigenvalue weighted by atomic mass is 79.9. The molecule has 0 saturated heterocycles. The Labute approximate surface area is 123 Å². The molecule has 0 aromatic heterocycles. The van der Waals surface area contributed by atoms with Gasteiger partial charge in [0, 0.05) is 6.54 Å². The van der Waals surface area contributed by atoms with Gasteiger partial charge >= 0.3 is 5.97 Å². The molecule has 2 N–H and O–H groups in total. The number of carbonyl (C=O) groups is 1. The summed E-state index contributed by atoms with van der Waals surface area (Å²) in [5.41, 5.74) is 6.53. The molecular formula is C12H15Br2NO3. The average molecular weight is 381 g/mol. The SMILES string of the molecule is CCOC(=O)C(C)Oc1c(Br)cc(CN)cc1Br. The van der Waals surface area contributed by atoms with Crippen LogP contribution in [0, 0.1) is 0 Å². The molecule has 0 spiro atoms. The van der Waals surface area contributed by atoms with Crippen LogP contribution in [0.2, 0.25) is 0 Å². The molecule has 1 rings (SSSR count). The third-order valence-corrected chi connectivity index (χ3v) is 3.38. The minimum Gasteiger partial charge on any atom is -0.477 e. The van der Waals surface area contributed by atoms with E-state index < -0.39 is 6.10 Å². The molecular weight excluding hydrogens is 366 g/mol. The van der Waals surface area contributed by atoms with E-state index in [-0.39, 0.29) is 5.97 Å². The number of halogens is 2. The number of rotatable bonds is 5. The molecule has 0 saturated carbocycles. The van der Waals surface area contributed by atoms with Crippen molar-refractivity contribution >= 4 is 37.8 Å². The lowest BCUT2D eigenvalue weighted by molar-refractivity contribution is -0.150. The van der Waals surface area contributed by atoms with Crippen LogP contribution in [0.15, 0.2) is 21.1 Å². The zero-order valence-electron chi connectivity index (χ0n) is 10.2. The molecule has 1 unspecified atom stereocenters. The third kappa shape index (κ3) is 3.96. The number of hydrogen-bond acceptors (Lipinski definition) is 4. The predicted octanol–water partition coefficient (Wildman–Crippen LogP) is 3.00. The van der Waals surface area contributed by atoms with Crippen molar-refractivity contribution in [3.8, 4) is 5.75 Å². The molecule has 0 fully saturated rings. The van der Waals surface area contributed by atoms with E-state index in [0.717, 1.165) is 14.5 Å². The first-order chi connectivity index (χ1) is 8.49. The van der Waals surface area contributed by atoms with Gasteiger partial charge in [-0.05, 0) is 63.4 Å². The zero-order chi connectivity index (χ0) is 13.7. The first kappa shape index (κ1) is 15.5. The van der Waals surface area contributed by atoms with Crippen LogP contribution >= 0.6 is 31.9 Å². The first-order valence-corrected chi connectivity index (χ1v) is 7.09. The summed E-state index contributed by atoms with van der Waals surface area (Å²) in [6.07, 6.45) is -0.665. The fourth-order valence-corrected chi connectivity index (χ4v) is 2.80. The number of carbonyl (C=O) groups excluding carboxylic acids is 1. The van der Waals surface area contributed by atoms with Crippen molar-refractivity contribution in [2.75, 3.05) is 6.61 Å². The molecule has 4 nitrogen and oxygen atoms in total. The summed E-state index contributed by atoms with van der Waals surface area (Å²) in [6, 6.07) is 3.72. The van der Waals surface area contributed by atoms with E-state index in [2.05, 4.69) is 31.9 Å². The van der Waals surface area contributed by atoms with Crippen molar-refractivity contribution in [2.24, 2.45) is 5.73 Å². The van der Waals surface area contributed by atoms with E-state index in [0.29, 0.717) is 18.9 Å². The molecule has 0 radical (unpaired) electrons. The van der Waals surface area contributed by atoms with Crippen LogP contribution < -0.4 is 10.5 Å². The van der Waals surface area contributed by atoms with Crippen molar-refractivity contribution < 1.29 is 14.3 Å². The summed E-state index contributed by atoms with van der Waals surface area (Å²) in [6.45, 7) is 4.17. The Morgan fingerprint density at radius 3 is 2.39 bits per heavy atom. The minimum atomic E-state index is -0.665. The van der Waals surface area contributed by atoms with Gasteiger partial charge in [0.15, 0.2) is 6.10 Å². The van der Waals surface area contributed by atoms with Crippen LogP contribution in [0.1, 0.15) is 19.4 Å². The Morgan fingerprint density at radius 1 is 1.39 bits per heavy atom. The van der Waals surface area contributed by atoms with Crippen molar-refractivity contribution in [1.82, 2.24) is 0 Å². The van der Waals surface area contributed by atoms with Crippen LogP contribution in [0.5, 0.6) is 5.75 Å². The highest BCUT2D eigenvalue weighted by Crippen LogP contribution is 2.35. The Kier molecular flexibility index (Phi) is 6.11. The van der Waals surface area contributed by atoms with Gasteiger partial charge in [0.2, 0.25) is 0 Å². The zero-order valence-corrected chi connectivity index (χ0v) is 13.4. The van der Waals surface area contributed by atoms with Gasteiger partial charge in [-0.25, -0.2) is 4.79 Å². The first-order valence-electron chi connectivity index (χ1n) is 5.50. The fraction of sp³-hybridized carbons (Fsp3) is 0.417. The molecule has 0 aliphatic carbocycles. The molecule has 1 atom stereocenters. The Hall–Kier alpha value is -0.590. The van der Waals surface area contributed by atoms with Gasteiger partial charge in [-0.3, -0.25) is 0 Å². The van der Waals surface area contributed by atoms with Crippen LogP contribution in [0.25, 0.3) is 0 Å². The lowest BCUT2D eigenvalue weighted by atomic mass is 10.2. The number of ether oxygens (including phenoxy) is 2. The van der Waals surface area contributed by atoms with Crippen LogP contribution in [-0.4, -0.2) is 18.7 Å². The molecule has 0 aliphatic rings. The molecule has 0 amide bonds. The largest absolute Gasteiger partial charge is 0.477 e. The summed E-state index contributed by atoms with van der Waals surface area (Å²) < 4.78 is 12.0. The minimum absolute atomic E-state index is 0.334. The van der Waals surface area contributed by atoms with Crippen molar-refractivity contribution in [2.45, 2.75) is 26.5 Å². The third-order valence-electron chi connectivity index (χ3n) is 2.21. The van der Waals surface area contributed by atoms with E-state index in [1.54, 1.807) is 13.8 Å². The summed E-state index contributed by atoms with van der Waals surface area (Å²) in [4.78, 5) is 11.5. The molecule has 100 valence electrons. The molecule has 0 heterocycles. The Morgan fingerprint density at radius 2 is 1.94 bits per heavy atom. The van der Waals surface area contributed by atoms with E-state index in [1.807, 2.05) is 12.1 Å². The van der Waals surface area contributed by atoms with E-state index in [9.17, 15) is 4.79 Å².